The third-order valence-corrected chi connectivity index (χ3v) is 2.01. The van der Waals surface area contributed by atoms with E-state index < -0.39 is 11.7 Å². The number of nitrogens with zero attached hydrogens (tertiary/aromatic N) is 1. The molecule has 6 nitrogen and oxygen atoms in total. The Kier molecular flexibility index (Phi) is 2.86. The van der Waals surface area contributed by atoms with Gasteiger partial charge in [0.25, 0.3) is 0 Å². The first kappa shape index (κ1) is 12.2. The lowest BCUT2D eigenvalue weighted by Gasteiger charge is -2.18. The highest BCUT2D eigenvalue weighted by Crippen LogP contribution is 2.26. The average molecular weight is 250 g/mol. The molecular formula is C12H14N2O4. The molecule has 0 saturated carbocycles. The Labute approximate surface area is 104 Å². The topological polar surface area (TPSA) is 84.6 Å². The molecule has 0 saturated heterocycles. The second kappa shape index (κ2) is 4.21. The number of carbonyl (C=O) groups excluding carboxylic acids is 1. The van der Waals surface area contributed by atoms with E-state index in [2.05, 4.69) is 10.3 Å². The van der Waals surface area contributed by atoms with Gasteiger partial charge < -0.3 is 14.3 Å². The predicted octanol–water partition coefficient (Wildman–Crippen LogP) is 2.88. The molecule has 1 heterocycles. The molecule has 2 rings (SSSR count). The lowest BCUT2D eigenvalue weighted by molar-refractivity contribution is 0.0632. The predicted molar refractivity (Wildman–Crippen MR) is 65.5 cm³/mol. The summed E-state index contributed by atoms with van der Waals surface area (Å²) in [6.07, 6.45) is -0.659. The van der Waals surface area contributed by atoms with Gasteiger partial charge in [0.2, 0.25) is 0 Å². The van der Waals surface area contributed by atoms with E-state index >= 15 is 0 Å². The number of phenols is 1. The minimum atomic E-state index is -0.659. The molecule has 0 atom stereocenters. The maximum atomic E-state index is 11.5. The first-order chi connectivity index (χ1) is 8.35. The number of oxazole rings is 1. The van der Waals surface area contributed by atoms with Gasteiger partial charge in [0.15, 0.2) is 11.1 Å². The number of aromatic nitrogens is 1. The van der Waals surface area contributed by atoms with Crippen molar-refractivity contribution in [3.8, 4) is 5.75 Å². The van der Waals surface area contributed by atoms with E-state index in [-0.39, 0.29) is 11.8 Å². The SMILES string of the molecule is CC(C)(C)OC(=O)Nc1nc2c(O)cccc2o1. The van der Waals surface area contributed by atoms with Crippen molar-refractivity contribution in [2.24, 2.45) is 0 Å². The van der Waals surface area contributed by atoms with Crippen molar-refractivity contribution in [1.29, 1.82) is 0 Å². The summed E-state index contributed by atoms with van der Waals surface area (Å²) in [6, 6.07) is 4.74. The minimum absolute atomic E-state index is 0.00603. The van der Waals surface area contributed by atoms with Crippen molar-refractivity contribution in [2.75, 3.05) is 5.32 Å². The van der Waals surface area contributed by atoms with Crippen LogP contribution in [0.15, 0.2) is 22.6 Å². The van der Waals surface area contributed by atoms with Crippen LogP contribution in [0.5, 0.6) is 5.75 Å². The molecule has 0 bridgehead atoms. The molecule has 18 heavy (non-hydrogen) atoms. The summed E-state index contributed by atoms with van der Waals surface area (Å²) in [6.45, 7) is 5.26. The van der Waals surface area contributed by atoms with Gasteiger partial charge in [-0.1, -0.05) is 6.07 Å². The van der Waals surface area contributed by atoms with Crippen LogP contribution in [0.4, 0.5) is 10.8 Å². The van der Waals surface area contributed by atoms with Gasteiger partial charge in [-0.3, -0.25) is 0 Å². The highest BCUT2D eigenvalue weighted by atomic mass is 16.6. The van der Waals surface area contributed by atoms with E-state index in [9.17, 15) is 9.90 Å². The Balaban J connectivity index is 2.18. The molecule has 0 fully saturated rings. The molecule has 0 aliphatic carbocycles. The van der Waals surface area contributed by atoms with Crippen LogP contribution < -0.4 is 5.32 Å². The maximum absolute atomic E-state index is 11.5. The number of rotatable bonds is 1. The number of nitrogens with one attached hydrogen (secondary N) is 1. The highest BCUT2D eigenvalue weighted by molar-refractivity contribution is 5.86. The number of hydrogen-bond acceptors (Lipinski definition) is 5. The van der Waals surface area contributed by atoms with Crippen molar-refractivity contribution < 1.29 is 19.1 Å². The summed E-state index contributed by atoms with van der Waals surface area (Å²) in [5.41, 5.74) is 0.0859. The second-order valence-corrected chi connectivity index (χ2v) is 4.77. The Bertz CT molecular complexity index is 583. The van der Waals surface area contributed by atoms with Crippen LogP contribution >= 0.6 is 0 Å². The third kappa shape index (κ3) is 2.71. The number of anilines is 1. The van der Waals surface area contributed by atoms with E-state index in [1.54, 1.807) is 32.9 Å². The highest BCUT2D eigenvalue weighted by Gasteiger charge is 2.18. The van der Waals surface area contributed by atoms with Crippen LogP contribution in [-0.4, -0.2) is 21.8 Å². The molecule has 6 heteroatoms. The first-order valence-electron chi connectivity index (χ1n) is 5.44. The molecule has 0 unspecified atom stereocenters. The number of para-hydroxylation sites is 1. The lowest BCUT2D eigenvalue weighted by Crippen LogP contribution is -2.27. The quantitative estimate of drug-likeness (QED) is 0.812. The molecule has 1 amide bonds. The van der Waals surface area contributed by atoms with E-state index in [4.69, 9.17) is 9.15 Å². The fraction of sp³-hybridized carbons (Fsp3) is 0.333. The van der Waals surface area contributed by atoms with E-state index in [0.29, 0.717) is 11.1 Å². The number of amides is 1. The zero-order valence-electron chi connectivity index (χ0n) is 10.4. The number of aromatic hydroxyl groups is 1. The standard InChI is InChI=1S/C12H14N2O4/c1-12(2,3)18-11(16)14-10-13-9-7(15)5-4-6-8(9)17-10/h4-6,15H,1-3H3,(H,13,14,16). The van der Waals surface area contributed by atoms with Gasteiger partial charge >= 0.3 is 12.1 Å². The molecule has 0 radical (unpaired) electrons. The Hall–Kier alpha value is -2.24. The van der Waals surface area contributed by atoms with Gasteiger partial charge in [-0.05, 0) is 32.9 Å². The van der Waals surface area contributed by atoms with Crippen molar-refractivity contribution >= 4 is 23.2 Å². The maximum Gasteiger partial charge on any atom is 0.415 e. The van der Waals surface area contributed by atoms with Crippen LogP contribution in [0.3, 0.4) is 0 Å². The van der Waals surface area contributed by atoms with E-state index in [1.807, 2.05) is 0 Å². The molecule has 2 N–H and O–H groups in total. The molecule has 1 aromatic carbocycles. The van der Waals surface area contributed by atoms with Crippen molar-refractivity contribution in [1.82, 2.24) is 4.98 Å². The lowest BCUT2D eigenvalue weighted by atomic mass is 10.2. The van der Waals surface area contributed by atoms with Crippen LogP contribution in [-0.2, 0) is 4.74 Å². The number of hydrogen-bond donors (Lipinski definition) is 2. The minimum Gasteiger partial charge on any atom is -0.506 e. The molecule has 0 spiro atoms. The largest absolute Gasteiger partial charge is 0.506 e. The number of carbonyl (C=O) groups is 1. The Morgan fingerprint density at radius 2 is 2.17 bits per heavy atom. The summed E-state index contributed by atoms with van der Waals surface area (Å²) < 4.78 is 10.3. The van der Waals surface area contributed by atoms with Gasteiger partial charge in [-0.15, -0.1) is 0 Å². The van der Waals surface area contributed by atoms with Crippen LogP contribution in [0.25, 0.3) is 11.1 Å². The normalized spacial score (nSPS) is 11.5. The molecule has 0 aliphatic rings. The molecule has 2 aromatic rings. The number of phenolic OH excluding ortho intramolecular Hbond substituents is 1. The number of ether oxygens (including phenoxy) is 1. The Morgan fingerprint density at radius 1 is 1.44 bits per heavy atom. The summed E-state index contributed by atoms with van der Waals surface area (Å²) in [5.74, 6) is -0.00603. The smallest absolute Gasteiger partial charge is 0.415 e. The van der Waals surface area contributed by atoms with Gasteiger partial charge in [-0.25, -0.2) is 10.1 Å². The number of fused-ring (bicyclic) bond motifs is 1. The summed E-state index contributed by atoms with van der Waals surface area (Å²) >= 11 is 0. The van der Waals surface area contributed by atoms with Gasteiger partial charge in [-0.2, -0.15) is 4.98 Å². The second-order valence-electron chi connectivity index (χ2n) is 4.77. The summed E-state index contributed by atoms with van der Waals surface area (Å²) in [4.78, 5) is 15.4. The van der Waals surface area contributed by atoms with E-state index in [1.165, 1.54) is 6.07 Å². The summed E-state index contributed by atoms with van der Waals surface area (Å²) in [5, 5.41) is 11.9. The number of benzene rings is 1. The van der Waals surface area contributed by atoms with Gasteiger partial charge in [0.1, 0.15) is 11.4 Å². The van der Waals surface area contributed by atoms with Gasteiger partial charge in [0, 0.05) is 0 Å². The van der Waals surface area contributed by atoms with Crippen molar-refractivity contribution in [3.63, 3.8) is 0 Å². The first-order valence-corrected chi connectivity index (χ1v) is 5.44. The third-order valence-electron chi connectivity index (χ3n) is 2.01. The molecular weight excluding hydrogens is 236 g/mol. The zero-order valence-corrected chi connectivity index (χ0v) is 10.4. The van der Waals surface area contributed by atoms with Crippen LogP contribution in [0.1, 0.15) is 20.8 Å². The Morgan fingerprint density at radius 3 is 2.78 bits per heavy atom. The van der Waals surface area contributed by atoms with Crippen molar-refractivity contribution in [3.05, 3.63) is 18.2 Å². The van der Waals surface area contributed by atoms with Gasteiger partial charge in [0.05, 0.1) is 0 Å². The fourth-order valence-electron chi connectivity index (χ4n) is 1.38. The average Bonchev–Trinajstić information content (AvgIpc) is 2.58. The molecule has 0 aliphatic heterocycles. The monoisotopic (exact) mass is 250 g/mol. The van der Waals surface area contributed by atoms with E-state index in [0.717, 1.165) is 0 Å². The van der Waals surface area contributed by atoms with Crippen LogP contribution in [0, 0.1) is 0 Å². The van der Waals surface area contributed by atoms with Crippen LogP contribution in [0.2, 0.25) is 0 Å². The summed E-state index contributed by atoms with van der Waals surface area (Å²) in [7, 11) is 0. The fourth-order valence-corrected chi connectivity index (χ4v) is 1.38. The van der Waals surface area contributed by atoms with Crippen molar-refractivity contribution in [2.45, 2.75) is 26.4 Å². The molecule has 1 aromatic heterocycles. The molecule has 96 valence electrons. The zero-order chi connectivity index (χ0) is 13.3.